The molecule has 0 aromatic heterocycles. The molecule has 120 valence electrons. The average Bonchev–Trinajstić information content (AvgIpc) is 2.52. The molecule has 0 fully saturated rings. The molecule has 5 nitrogen and oxygen atoms in total. The van der Waals surface area contributed by atoms with Crippen LogP contribution in [0.5, 0.6) is 0 Å². The monoisotopic (exact) mass is 332 g/mol. The Morgan fingerprint density at radius 2 is 1.30 bits per heavy atom. The van der Waals surface area contributed by atoms with Crippen LogP contribution < -0.4 is 10.6 Å². The van der Waals surface area contributed by atoms with Gasteiger partial charge in [0.2, 0.25) is 11.8 Å². The molecule has 2 rings (SSSR count). The smallest absolute Gasteiger partial charge is 0.250 e. The van der Waals surface area contributed by atoms with E-state index in [1.807, 2.05) is 19.1 Å². The Morgan fingerprint density at radius 1 is 0.870 bits per heavy atom. The van der Waals surface area contributed by atoms with Crippen molar-refractivity contribution in [2.24, 2.45) is 0 Å². The van der Waals surface area contributed by atoms with Crippen LogP contribution in [0.4, 0.5) is 11.4 Å². The average molecular weight is 333 g/mol. The highest BCUT2D eigenvalue weighted by molar-refractivity contribution is 6.30. The zero-order valence-corrected chi connectivity index (χ0v) is 13.4. The van der Waals surface area contributed by atoms with Gasteiger partial charge in [-0.25, -0.2) is 0 Å². The number of hydrogen-bond acceptors (Lipinski definition) is 3. The Bertz CT molecular complexity index is 610. The van der Waals surface area contributed by atoms with E-state index in [4.69, 9.17) is 16.3 Å². The summed E-state index contributed by atoms with van der Waals surface area (Å²) in [5.41, 5.74) is 2.42. The molecule has 2 aromatic carbocycles. The number of amides is 2. The van der Waals surface area contributed by atoms with E-state index in [-0.39, 0.29) is 25.0 Å². The van der Waals surface area contributed by atoms with E-state index in [9.17, 15) is 9.59 Å². The lowest BCUT2D eigenvalue weighted by Gasteiger charge is -2.07. The summed E-state index contributed by atoms with van der Waals surface area (Å²) in [6, 6.07) is 14.1. The van der Waals surface area contributed by atoms with E-state index < -0.39 is 0 Å². The van der Waals surface area contributed by atoms with Gasteiger partial charge in [0.1, 0.15) is 13.2 Å². The van der Waals surface area contributed by atoms with Gasteiger partial charge >= 0.3 is 0 Å². The third-order valence-electron chi connectivity index (χ3n) is 2.93. The molecule has 0 heterocycles. The SMILES string of the molecule is Cc1ccc(NC(=O)COCC(=O)Nc2ccc(Cl)cc2)cc1. The molecule has 0 aliphatic heterocycles. The largest absolute Gasteiger partial charge is 0.362 e. The quantitative estimate of drug-likeness (QED) is 0.853. The molecule has 0 aliphatic carbocycles. The second-order valence-electron chi connectivity index (χ2n) is 4.96. The molecule has 2 aromatic rings. The Balaban J connectivity index is 1.69. The number of ether oxygens (including phenoxy) is 1. The molecule has 6 heteroatoms. The Hall–Kier alpha value is -2.37. The predicted octanol–water partition coefficient (Wildman–Crippen LogP) is 3.24. The summed E-state index contributed by atoms with van der Waals surface area (Å²) in [6.07, 6.45) is 0. The van der Waals surface area contributed by atoms with Gasteiger partial charge in [0.25, 0.3) is 0 Å². The van der Waals surface area contributed by atoms with Gasteiger partial charge in [-0.05, 0) is 43.3 Å². The second kappa shape index (κ2) is 8.31. The van der Waals surface area contributed by atoms with Crippen LogP contribution in [0, 0.1) is 6.92 Å². The van der Waals surface area contributed by atoms with E-state index in [2.05, 4.69) is 10.6 Å². The molecule has 2 N–H and O–H groups in total. The predicted molar refractivity (Wildman–Crippen MR) is 90.7 cm³/mol. The first kappa shape index (κ1) is 17.0. The van der Waals surface area contributed by atoms with E-state index in [1.165, 1.54) is 0 Å². The summed E-state index contributed by atoms with van der Waals surface area (Å²) < 4.78 is 5.10. The maximum atomic E-state index is 11.7. The van der Waals surface area contributed by atoms with E-state index in [1.54, 1.807) is 36.4 Å². The van der Waals surface area contributed by atoms with Crippen LogP contribution in [0.25, 0.3) is 0 Å². The van der Waals surface area contributed by atoms with Gasteiger partial charge in [0.05, 0.1) is 0 Å². The molecule has 0 spiro atoms. The topological polar surface area (TPSA) is 67.4 Å². The van der Waals surface area contributed by atoms with Gasteiger partial charge in [-0.2, -0.15) is 0 Å². The van der Waals surface area contributed by atoms with Crippen molar-refractivity contribution in [1.29, 1.82) is 0 Å². The summed E-state index contributed by atoms with van der Waals surface area (Å²) >= 11 is 5.76. The number of carbonyl (C=O) groups excluding carboxylic acids is 2. The van der Waals surface area contributed by atoms with Gasteiger partial charge in [0.15, 0.2) is 0 Å². The van der Waals surface area contributed by atoms with Crippen molar-refractivity contribution in [2.45, 2.75) is 6.92 Å². The van der Waals surface area contributed by atoms with Crippen LogP contribution in [0.2, 0.25) is 5.02 Å². The lowest BCUT2D eigenvalue weighted by atomic mass is 10.2. The first-order valence-electron chi connectivity index (χ1n) is 7.02. The van der Waals surface area contributed by atoms with Crippen molar-refractivity contribution in [3.8, 4) is 0 Å². The highest BCUT2D eigenvalue weighted by Gasteiger charge is 2.06. The van der Waals surface area contributed by atoms with Gasteiger partial charge in [-0.1, -0.05) is 29.3 Å². The number of rotatable bonds is 6. The number of hydrogen-bond donors (Lipinski definition) is 2. The van der Waals surface area contributed by atoms with Gasteiger partial charge in [0, 0.05) is 16.4 Å². The van der Waals surface area contributed by atoms with Gasteiger partial charge in [-0.15, -0.1) is 0 Å². The summed E-state index contributed by atoms with van der Waals surface area (Å²) in [4.78, 5) is 23.4. The van der Waals surface area contributed by atoms with Crippen LogP contribution in [0.15, 0.2) is 48.5 Å². The zero-order chi connectivity index (χ0) is 16.7. The number of benzene rings is 2. The van der Waals surface area contributed by atoms with Crippen LogP contribution in [-0.2, 0) is 14.3 Å². The van der Waals surface area contributed by atoms with Crippen LogP contribution in [0.1, 0.15) is 5.56 Å². The fourth-order valence-corrected chi connectivity index (χ4v) is 1.93. The third-order valence-corrected chi connectivity index (χ3v) is 3.18. The molecule has 0 atom stereocenters. The minimum absolute atomic E-state index is 0.193. The Morgan fingerprint density at radius 3 is 1.78 bits per heavy atom. The number of halogens is 1. The number of anilines is 2. The molecule has 0 unspecified atom stereocenters. The molecule has 0 radical (unpaired) electrons. The van der Waals surface area contributed by atoms with E-state index in [0.717, 1.165) is 5.56 Å². The van der Waals surface area contributed by atoms with Gasteiger partial charge < -0.3 is 15.4 Å². The molecular weight excluding hydrogens is 316 g/mol. The van der Waals surface area contributed by atoms with Crippen LogP contribution in [0.3, 0.4) is 0 Å². The molecule has 2 amide bonds. The highest BCUT2D eigenvalue weighted by atomic mass is 35.5. The van der Waals surface area contributed by atoms with Crippen LogP contribution in [-0.4, -0.2) is 25.0 Å². The number of aryl methyl sites for hydroxylation is 1. The van der Waals surface area contributed by atoms with E-state index in [0.29, 0.717) is 16.4 Å². The standard InChI is InChI=1S/C17H17ClN2O3/c1-12-2-6-14(7-3-12)19-16(21)10-23-11-17(22)20-15-8-4-13(18)5-9-15/h2-9H,10-11H2,1H3,(H,19,21)(H,20,22). The lowest BCUT2D eigenvalue weighted by molar-refractivity contribution is -0.125. The molecular formula is C17H17ClN2O3. The Labute approximate surface area is 139 Å². The van der Waals surface area contributed by atoms with Crippen molar-refractivity contribution in [3.63, 3.8) is 0 Å². The zero-order valence-electron chi connectivity index (χ0n) is 12.6. The van der Waals surface area contributed by atoms with Crippen molar-refractivity contribution in [2.75, 3.05) is 23.8 Å². The third kappa shape index (κ3) is 6.10. The summed E-state index contributed by atoms with van der Waals surface area (Å²) in [7, 11) is 0. The van der Waals surface area contributed by atoms with Crippen molar-refractivity contribution in [1.82, 2.24) is 0 Å². The maximum absolute atomic E-state index is 11.7. The summed E-state index contributed by atoms with van der Waals surface area (Å²) in [5, 5.41) is 5.92. The van der Waals surface area contributed by atoms with Crippen molar-refractivity contribution in [3.05, 3.63) is 59.1 Å². The number of nitrogens with one attached hydrogen (secondary N) is 2. The fraction of sp³-hybridized carbons (Fsp3) is 0.176. The van der Waals surface area contributed by atoms with Crippen molar-refractivity contribution < 1.29 is 14.3 Å². The minimum atomic E-state index is -0.338. The number of carbonyl (C=O) groups is 2. The molecule has 0 saturated heterocycles. The summed E-state index contributed by atoms with van der Waals surface area (Å²) in [5.74, 6) is -0.649. The molecule has 0 saturated carbocycles. The van der Waals surface area contributed by atoms with Crippen molar-refractivity contribution >= 4 is 34.8 Å². The minimum Gasteiger partial charge on any atom is -0.362 e. The molecule has 23 heavy (non-hydrogen) atoms. The fourth-order valence-electron chi connectivity index (χ4n) is 1.80. The molecule has 0 aliphatic rings. The van der Waals surface area contributed by atoms with Gasteiger partial charge in [-0.3, -0.25) is 9.59 Å². The highest BCUT2D eigenvalue weighted by Crippen LogP contribution is 2.13. The summed E-state index contributed by atoms with van der Waals surface area (Å²) in [6.45, 7) is 1.57. The lowest BCUT2D eigenvalue weighted by Crippen LogP contribution is -2.23. The maximum Gasteiger partial charge on any atom is 0.250 e. The van der Waals surface area contributed by atoms with Crippen LogP contribution >= 0.6 is 11.6 Å². The second-order valence-corrected chi connectivity index (χ2v) is 5.40. The Kier molecular flexibility index (Phi) is 6.14. The first-order valence-corrected chi connectivity index (χ1v) is 7.40. The van der Waals surface area contributed by atoms with E-state index >= 15 is 0 Å². The first-order chi connectivity index (χ1) is 11.0. The molecule has 0 bridgehead atoms. The normalized spacial score (nSPS) is 10.2.